The molecule has 184 valence electrons. The maximum absolute atomic E-state index is 12.8. The summed E-state index contributed by atoms with van der Waals surface area (Å²) in [5, 5.41) is 3.06. The number of aryl methyl sites for hydroxylation is 2. The van der Waals surface area contributed by atoms with Gasteiger partial charge in [0.2, 0.25) is 11.8 Å². The molecule has 0 spiro atoms. The van der Waals surface area contributed by atoms with E-state index in [9.17, 15) is 14.4 Å². The van der Waals surface area contributed by atoms with E-state index in [1.807, 2.05) is 18.7 Å². The Kier molecular flexibility index (Phi) is 8.91. The van der Waals surface area contributed by atoms with Gasteiger partial charge < -0.3 is 19.9 Å². The lowest BCUT2D eigenvalue weighted by atomic mass is 9.95. The van der Waals surface area contributed by atoms with Crippen molar-refractivity contribution in [2.75, 3.05) is 26.2 Å². The number of benzene rings is 1. The van der Waals surface area contributed by atoms with Crippen molar-refractivity contribution in [2.45, 2.75) is 59.8 Å². The first-order valence-electron chi connectivity index (χ1n) is 12.3. The van der Waals surface area contributed by atoms with Gasteiger partial charge >= 0.3 is 5.97 Å². The summed E-state index contributed by atoms with van der Waals surface area (Å²) >= 11 is 0. The molecule has 7 heteroatoms. The van der Waals surface area contributed by atoms with Gasteiger partial charge in [-0.25, -0.2) is 4.79 Å². The molecule has 2 N–H and O–H groups in total. The molecule has 1 aliphatic rings. The summed E-state index contributed by atoms with van der Waals surface area (Å²) in [6.45, 7) is 9.81. The van der Waals surface area contributed by atoms with E-state index in [1.165, 1.54) is 11.1 Å². The van der Waals surface area contributed by atoms with Crippen molar-refractivity contribution in [1.29, 1.82) is 0 Å². The standard InChI is InChI=1S/C27H37N3O4/c1-5-34-27(33)25-19(3)23(20(4)29-25)10-11-24(31)30-16-13-22(14-17-30)26(32)28-15-12-21-8-6-18(2)7-9-21/h6-9,22,29H,5,10-17H2,1-4H3,(H,28,32). The predicted molar refractivity (Wildman–Crippen MR) is 132 cm³/mol. The van der Waals surface area contributed by atoms with Crippen LogP contribution < -0.4 is 5.32 Å². The molecule has 0 unspecified atom stereocenters. The van der Waals surface area contributed by atoms with Crippen LogP contribution in [-0.2, 0) is 27.2 Å². The summed E-state index contributed by atoms with van der Waals surface area (Å²) in [6, 6.07) is 8.36. The molecule has 1 aliphatic heterocycles. The van der Waals surface area contributed by atoms with Gasteiger partial charge in [0.15, 0.2) is 0 Å². The summed E-state index contributed by atoms with van der Waals surface area (Å²) in [4.78, 5) is 42.4. The Morgan fingerprint density at radius 3 is 2.38 bits per heavy atom. The Morgan fingerprint density at radius 2 is 1.74 bits per heavy atom. The Morgan fingerprint density at radius 1 is 1.06 bits per heavy atom. The third-order valence-corrected chi connectivity index (χ3v) is 6.71. The molecule has 0 saturated carbocycles. The van der Waals surface area contributed by atoms with Crippen LogP contribution in [0.15, 0.2) is 24.3 Å². The fraction of sp³-hybridized carbons (Fsp3) is 0.519. The van der Waals surface area contributed by atoms with E-state index in [2.05, 4.69) is 41.5 Å². The maximum Gasteiger partial charge on any atom is 0.355 e. The number of hydrogen-bond acceptors (Lipinski definition) is 4. The fourth-order valence-corrected chi connectivity index (χ4v) is 4.58. The quantitative estimate of drug-likeness (QED) is 0.551. The molecule has 2 heterocycles. The number of likely N-dealkylation sites (tertiary alicyclic amines) is 1. The van der Waals surface area contributed by atoms with Crippen molar-refractivity contribution < 1.29 is 19.1 Å². The fourth-order valence-electron chi connectivity index (χ4n) is 4.58. The topological polar surface area (TPSA) is 91.5 Å². The number of hydrogen-bond donors (Lipinski definition) is 2. The number of aromatic nitrogens is 1. The summed E-state index contributed by atoms with van der Waals surface area (Å²) in [5.74, 6) is -0.219. The largest absolute Gasteiger partial charge is 0.461 e. The highest BCUT2D eigenvalue weighted by molar-refractivity contribution is 5.90. The van der Waals surface area contributed by atoms with Gasteiger partial charge in [0, 0.05) is 37.7 Å². The summed E-state index contributed by atoms with van der Waals surface area (Å²) in [5.41, 5.74) is 5.66. The number of ether oxygens (including phenoxy) is 1. The molecule has 3 rings (SSSR count). The van der Waals surface area contributed by atoms with Gasteiger partial charge in [-0.05, 0) is 70.1 Å². The molecular weight excluding hydrogens is 430 g/mol. The number of piperidine rings is 1. The third kappa shape index (κ3) is 6.49. The van der Waals surface area contributed by atoms with Crippen LogP contribution >= 0.6 is 0 Å². The number of carbonyl (C=O) groups is 3. The first-order valence-corrected chi connectivity index (χ1v) is 12.3. The monoisotopic (exact) mass is 467 g/mol. The van der Waals surface area contributed by atoms with Crippen LogP contribution in [0.5, 0.6) is 0 Å². The van der Waals surface area contributed by atoms with E-state index in [-0.39, 0.29) is 23.7 Å². The van der Waals surface area contributed by atoms with Gasteiger partial charge in [-0.1, -0.05) is 29.8 Å². The molecule has 1 fully saturated rings. The van der Waals surface area contributed by atoms with Crippen LogP contribution in [0.1, 0.15) is 64.6 Å². The van der Waals surface area contributed by atoms with Crippen molar-refractivity contribution in [1.82, 2.24) is 15.2 Å². The minimum Gasteiger partial charge on any atom is -0.461 e. The average Bonchev–Trinajstić information content (AvgIpc) is 3.12. The van der Waals surface area contributed by atoms with E-state index in [0.29, 0.717) is 57.6 Å². The zero-order chi connectivity index (χ0) is 24.7. The predicted octanol–water partition coefficient (Wildman–Crippen LogP) is 3.65. The van der Waals surface area contributed by atoms with Crippen molar-refractivity contribution >= 4 is 17.8 Å². The highest BCUT2D eigenvalue weighted by atomic mass is 16.5. The van der Waals surface area contributed by atoms with Gasteiger partial charge in [-0.2, -0.15) is 0 Å². The zero-order valence-corrected chi connectivity index (χ0v) is 20.8. The Hall–Kier alpha value is -3.09. The first kappa shape index (κ1) is 25.5. The SMILES string of the molecule is CCOC(=O)c1[nH]c(C)c(CCC(=O)N2CCC(C(=O)NCCc3ccc(C)cc3)CC2)c1C. The molecule has 1 aromatic carbocycles. The number of H-pyrrole nitrogens is 1. The number of esters is 1. The number of aromatic amines is 1. The number of carbonyl (C=O) groups excluding carboxylic acids is 3. The summed E-state index contributed by atoms with van der Waals surface area (Å²) < 4.78 is 5.10. The second kappa shape index (κ2) is 11.9. The van der Waals surface area contributed by atoms with Crippen LogP contribution in [0.3, 0.4) is 0 Å². The second-order valence-corrected chi connectivity index (χ2v) is 9.13. The molecular formula is C27H37N3O4. The summed E-state index contributed by atoms with van der Waals surface area (Å²) in [6.07, 6.45) is 3.16. The lowest BCUT2D eigenvalue weighted by Gasteiger charge is -2.31. The maximum atomic E-state index is 12.8. The van der Waals surface area contributed by atoms with E-state index >= 15 is 0 Å². The highest BCUT2D eigenvalue weighted by Gasteiger charge is 2.27. The minimum atomic E-state index is -0.361. The van der Waals surface area contributed by atoms with Crippen LogP contribution in [0, 0.1) is 26.7 Å². The van der Waals surface area contributed by atoms with E-state index in [1.54, 1.807) is 6.92 Å². The van der Waals surface area contributed by atoms with Gasteiger partial charge in [-0.15, -0.1) is 0 Å². The molecule has 2 aromatic rings. The van der Waals surface area contributed by atoms with Gasteiger partial charge in [0.1, 0.15) is 5.69 Å². The Bertz CT molecular complexity index is 1000. The molecule has 1 saturated heterocycles. The second-order valence-electron chi connectivity index (χ2n) is 9.13. The molecule has 0 radical (unpaired) electrons. The van der Waals surface area contributed by atoms with E-state index < -0.39 is 0 Å². The molecule has 0 aliphatic carbocycles. The van der Waals surface area contributed by atoms with Crippen LogP contribution in [-0.4, -0.2) is 53.9 Å². The van der Waals surface area contributed by atoms with Crippen molar-refractivity contribution in [3.8, 4) is 0 Å². The minimum absolute atomic E-state index is 0.0385. The van der Waals surface area contributed by atoms with Crippen LogP contribution in [0.25, 0.3) is 0 Å². The molecule has 34 heavy (non-hydrogen) atoms. The zero-order valence-electron chi connectivity index (χ0n) is 20.8. The molecule has 7 nitrogen and oxygen atoms in total. The van der Waals surface area contributed by atoms with Gasteiger partial charge in [0.25, 0.3) is 0 Å². The van der Waals surface area contributed by atoms with Gasteiger partial charge in [0.05, 0.1) is 6.61 Å². The van der Waals surface area contributed by atoms with Crippen molar-refractivity contribution in [3.05, 3.63) is 57.9 Å². The number of rotatable bonds is 9. The Labute approximate surface area is 202 Å². The Balaban J connectivity index is 1.42. The number of nitrogens with zero attached hydrogens (tertiary/aromatic N) is 1. The molecule has 2 amide bonds. The van der Waals surface area contributed by atoms with Crippen molar-refractivity contribution in [3.63, 3.8) is 0 Å². The van der Waals surface area contributed by atoms with Crippen molar-refractivity contribution in [2.24, 2.45) is 5.92 Å². The lowest BCUT2D eigenvalue weighted by molar-refractivity contribution is -0.135. The highest BCUT2D eigenvalue weighted by Crippen LogP contribution is 2.22. The van der Waals surface area contributed by atoms with Gasteiger partial charge in [-0.3, -0.25) is 9.59 Å². The number of nitrogens with one attached hydrogen (secondary N) is 2. The van der Waals surface area contributed by atoms with E-state index in [0.717, 1.165) is 23.2 Å². The first-order chi connectivity index (χ1) is 16.3. The number of amides is 2. The smallest absolute Gasteiger partial charge is 0.355 e. The molecule has 1 aromatic heterocycles. The average molecular weight is 468 g/mol. The van der Waals surface area contributed by atoms with E-state index in [4.69, 9.17) is 4.74 Å². The summed E-state index contributed by atoms with van der Waals surface area (Å²) in [7, 11) is 0. The normalized spacial score (nSPS) is 14.2. The van der Waals surface area contributed by atoms with Crippen LogP contribution in [0.2, 0.25) is 0 Å². The molecule has 0 atom stereocenters. The third-order valence-electron chi connectivity index (χ3n) is 6.71. The lowest BCUT2D eigenvalue weighted by Crippen LogP contribution is -2.43. The molecule has 0 bridgehead atoms. The van der Waals surface area contributed by atoms with Crippen LogP contribution in [0.4, 0.5) is 0 Å².